The van der Waals surface area contributed by atoms with Crippen LogP contribution in [-0.2, 0) is 17.4 Å². The van der Waals surface area contributed by atoms with Crippen LogP contribution in [0.2, 0.25) is 0 Å². The van der Waals surface area contributed by atoms with Gasteiger partial charge in [0.2, 0.25) is 0 Å². The van der Waals surface area contributed by atoms with Gasteiger partial charge in [0.25, 0.3) is 0 Å². The van der Waals surface area contributed by atoms with Gasteiger partial charge < -0.3 is 0 Å². The maximum atomic E-state index is 2.82. The molecule has 0 N–H and O–H groups in total. The summed E-state index contributed by atoms with van der Waals surface area (Å²) >= 11 is -2.61. The van der Waals surface area contributed by atoms with Crippen molar-refractivity contribution in [3.05, 3.63) is 22.1 Å². The second-order valence-corrected chi connectivity index (χ2v) is 11.4. The van der Waals surface area contributed by atoms with Gasteiger partial charge in [-0.25, -0.2) is 0 Å². The fraction of sp³-hybridized carbons (Fsp3) is 0.765. The Bertz CT molecular complexity index is 322. The molecule has 0 aromatic rings. The van der Waals surface area contributed by atoms with Gasteiger partial charge in [-0.3, -0.25) is 0 Å². The summed E-state index contributed by atoms with van der Waals surface area (Å²) in [6.07, 6.45) is 8.19. The van der Waals surface area contributed by atoms with Crippen molar-refractivity contribution in [1.29, 1.82) is 0 Å². The molecule has 1 aliphatic carbocycles. The van der Waals surface area contributed by atoms with E-state index >= 15 is 0 Å². The van der Waals surface area contributed by atoms with E-state index in [9.17, 15) is 0 Å². The van der Waals surface area contributed by atoms with E-state index in [1.54, 1.807) is 3.88 Å². The van der Waals surface area contributed by atoms with E-state index < -0.39 is 17.4 Å². The molecular formula is C17H35N3Ti. The second kappa shape index (κ2) is 9.27. The van der Waals surface area contributed by atoms with Crippen molar-refractivity contribution in [3.8, 4) is 0 Å². The van der Waals surface area contributed by atoms with Crippen molar-refractivity contribution in [2.24, 2.45) is 0 Å². The average Bonchev–Trinajstić information content (AvgIpc) is 3.04. The number of allylic oxidation sites excluding steroid dienone is 4. The van der Waals surface area contributed by atoms with Gasteiger partial charge in [0.1, 0.15) is 0 Å². The third kappa shape index (κ3) is 3.53. The van der Waals surface area contributed by atoms with E-state index in [0.29, 0.717) is 0 Å². The normalized spacial score (nSPS) is 15.6. The van der Waals surface area contributed by atoms with Crippen LogP contribution in [0.3, 0.4) is 0 Å². The Morgan fingerprint density at radius 2 is 1.14 bits per heavy atom. The van der Waals surface area contributed by atoms with Gasteiger partial charge >= 0.3 is 137 Å². The van der Waals surface area contributed by atoms with Crippen LogP contribution in [0.15, 0.2) is 22.1 Å². The predicted molar refractivity (Wildman–Crippen MR) is 90.6 cm³/mol. The summed E-state index contributed by atoms with van der Waals surface area (Å²) in [7, 11) is 0. The molecule has 0 amide bonds. The molecule has 0 radical (unpaired) electrons. The molecule has 0 heterocycles. The molecule has 4 heteroatoms. The quantitative estimate of drug-likeness (QED) is 0.565. The van der Waals surface area contributed by atoms with Gasteiger partial charge in [-0.05, 0) is 0 Å². The summed E-state index contributed by atoms with van der Waals surface area (Å²) < 4.78 is 10.2. The van der Waals surface area contributed by atoms with Crippen molar-refractivity contribution in [2.75, 3.05) is 39.3 Å². The predicted octanol–water partition coefficient (Wildman–Crippen LogP) is 3.75. The summed E-state index contributed by atoms with van der Waals surface area (Å²) in [6, 6.07) is 0. The van der Waals surface area contributed by atoms with Crippen LogP contribution < -0.4 is 0 Å². The van der Waals surface area contributed by atoms with Gasteiger partial charge in [-0.1, -0.05) is 0 Å². The first-order valence-electron chi connectivity index (χ1n) is 8.78. The van der Waals surface area contributed by atoms with Crippen molar-refractivity contribution in [1.82, 2.24) is 10.1 Å². The Morgan fingerprint density at radius 1 is 0.762 bits per heavy atom. The molecule has 0 aromatic carbocycles. The zero-order chi connectivity index (χ0) is 15.9. The average molecular weight is 329 g/mol. The minimum atomic E-state index is -2.61. The SMILES string of the molecule is CC[N](CC)[Ti]([C]1=CC=CC1)([N](CC)CC)[N](CC)CC. The first-order valence-corrected chi connectivity index (χ1v) is 11.7. The van der Waals surface area contributed by atoms with Crippen molar-refractivity contribution in [3.63, 3.8) is 0 Å². The molecule has 0 atom stereocenters. The third-order valence-electron chi connectivity index (χ3n) is 4.82. The molecule has 1 aliphatic rings. The summed E-state index contributed by atoms with van der Waals surface area (Å²) in [5, 5.41) is 0. The monoisotopic (exact) mass is 329 g/mol. The first kappa shape index (κ1) is 19.1. The van der Waals surface area contributed by atoms with Crippen molar-refractivity contribution in [2.45, 2.75) is 48.0 Å². The number of hydrogen-bond donors (Lipinski definition) is 0. The van der Waals surface area contributed by atoms with Gasteiger partial charge in [0.15, 0.2) is 0 Å². The second-order valence-electron chi connectivity index (χ2n) is 5.48. The Hall–Kier alpha value is 0.0743. The molecule has 122 valence electrons. The third-order valence-corrected chi connectivity index (χ3v) is 13.8. The fourth-order valence-corrected chi connectivity index (χ4v) is 12.9. The van der Waals surface area contributed by atoms with E-state index in [2.05, 4.69) is 69.9 Å². The first-order chi connectivity index (χ1) is 10.2. The van der Waals surface area contributed by atoms with Crippen LogP contribution in [0, 0.1) is 0 Å². The van der Waals surface area contributed by atoms with Crippen molar-refractivity contribution >= 4 is 0 Å². The molecule has 1 rings (SSSR count). The van der Waals surface area contributed by atoms with Gasteiger partial charge in [-0.15, -0.1) is 0 Å². The zero-order valence-corrected chi connectivity index (χ0v) is 16.6. The van der Waals surface area contributed by atoms with E-state index in [-0.39, 0.29) is 0 Å². The zero-order valence-electron chi connectivity index (χ0n) is 15.0. The maximum absolute atomic E-state index is 2.82. The van der Waals surface area contributed by atoms with E-state index in [1.165, 1.54) is 0 Å². The molecule has 0 unspecified atom stereocenters. The van der Waals surface area contributed by atoms with E-state index in [0.717, 1.165) is 45.7 Å². The molecule has 0 fully saturated rings. The Kier molecular flexibility index (Phi) is 8.44. The van der Waals surface area contributed by atoms with Crippen LogP contribution in [0.25, 0.3) is 0 Å². The Balaban J connectivity index is 3.45. The molecule has 0 bridgehead atoms. The summed E-state index contributed by atoms with van der Waals surface area (Å²) in [4.78, 5) is 0. The number of nitrogens with zero attached hydrogens (tertiary/aromatic N) is 3. The number of hydrogen-bond acceptors (Lipinski definition) is 3. The van der Waals surface area contributed by atoms with Crippen LogP contribution in [-0.4, -0.2) is 49.4 Å². The van der Waals surface area contributed by atoms with Gasteiger partial charge in [0, 0.05) is 0 Å². The summed E-state index contributed by atoms with van der Waals surface area (Å²) in [5.74, 6) is 0. The van der Waals surface area contributed by atoms with Crippen molar-refractivity contribution < 1.29 is 17.4 Å². The molecule has 0 spiro atoms. The number of rotatable bonds is 10. The van der Waals surface area contributed by atoms with Crippen LogP contribution >= 0.6 is 0 Å². The molecule has 0 saturated carbocycles. The molecule has 0 aromatic heterocycles. The van der Waals surface area contributed by atoms with Gasteiger partial charge in [0.05, 0.1) is 0 Å². The molecular weight excluding hydrogens is 294 g/mol. The standard InChI is InChI=1S/C5H5.3C4H10N.Ti/c1-2-4-5-3-1;3*1-3-5-4-2;/h1-3H,4H2;3*3-4H2,1-2H3;/q;3*-1;+3. The molecule has 3 nitrogen and oxygen atoms in total. The minimum absolute atomic E-state index is 1.15. The molecule has 21 heavy (non-hydrogen) atoms. The summed E-state index contributed by atoms with van der Waals surface area (Å²) in [6.45, 7) is 20.9. The molecule has 0 saturated heterocycles. The van der Waals surface area contributed by atoms with E-state index in [1.807, 2.05) is 0 Å². The Morgan fingerprint density at radius 3 is 1.38 bits per heavy atom. The summed E-state index contributed by atoms with van der Waals surface area (Å²) in [5.41, 5.74) is 0. The van der Waals surface area contributed by atoms with E-state index in [4.69, 9.17) is 0 Å². The van der Waals surface area contributed by atoms with Crippen LogP contribution in [0.4, 0.5) is 0 Å². The van der Waals surface area contributed by atoms with Crippen LogP contribution in [0.1, 0.15) is 48.0 Å². The molecule has 0 aliphatic heterocycles. The topological polar surface area (TPSA) is 9.72 Å². The Labute approximate surface area is 137 Å². The van der Waals surface area contributed by atoms with Crippen LogP contribution in [0.5, 0.6) is 0 Å². The fourth-order valence-electron chi connectivity index (χ4n) is 3.90. The van der Waals surface area contributed by atoms with Gasteiger partial charge in [-0.2, -0.15) is 0 Å².